The molecule has 0 amide bonds. The zero-order chi connectivity index (χ0) is 13.2. The van der Waals surface area contributed by atoms with Crippen molar-refractivity contribution in [1.82, 2.24) is 15.3 Å². The van der Waals surface area contributed by atoms with Crippen LogP contribution in [0.15, 0.2) is 28.9 Å². The van der Waals surface area contributed by atoms with Gasteiger partial charge in [-0.05, 0) is 50.6 Å². The van der Waals surface area contributed by atoms with E-state index < -0.39 is 0 Å². The van der Waals surface area contributed by atoms with Crippen molar-refractivity contribution in [2.45, 2.75) is 25.7 Å². The van der Waals surface area contributed by atoms with E-state index in [2.05, 4.69) is 56.3 Å². The highest BCUT2D eigenvalue weighted by atomic mass is 79.9. The van der Waals surface area contributed by atoms with Gasteiger partial charge in [0.1, 0.15) is 5.82 Å². The zero-order valence-electron chi connectivity index (χ0n) is 11.0. The molecule has 0 bridgehead atoms. The van der Waals surface area contributed by atoms with Crippen molar-refractivity contribution in [2.75, 3.05) is 13.1 Å². The molecule has 1 aromatic heterocycles. The summed E-state index contributed by atoms with van der Waals surface area (Å²) < 4.78 is 1.10. The monoisotopic (exact) mass is 319 g/mol. The molecule has 19 heavy (non-hydrogen) atoms. The molecule has 2 heterocycles. The van der Waals surface area contributed by atoms with E-state index in [0.29, 0.717) is 5.92 Å². The third kappa shape index (κ3) is 2.74. The Hall–Kier alpha value is -1.13. The highest BCUT2D eigenvalue weighted by Crippen LogP contribution is 2.28. The first-order chi connectivity index (χ1) is 9.24. The molecule has 0 saturated carbocycles. The fraction of sp³-hybridized carbons (Fsp3) is 0.400. The van der Waals surface area contributed by atoms with Crippen LogP contribution >= 0.6 is 15.9 Å². The summed E-state index contributed by atoms with van der Waals surface area (Å²) in [5.74, 6) is 1.71. The van der Waals surface area contributed by atoms with E-state index >= 15 is 0 Å². The van der Waals surface area contributed by atoms with E-state index in [0.717, 1.165) is 29.1 Å². The smallest absolute Gasteiger partial charge is 0.109 e. The molecule has 1 aliphatic heterocycles. The maximum atomic E-state index is 4.59. The van der Waals surface area contributed by atoms with Crippen molar-refractivity contribution in [1.29, 1.82) is 0 Å². The van der Waals surface area contributed by atoms with Crippen LogP contribution in [0.25, 0.3) is 11.3 Å². The zero-order valence-corrected chi connectivity index (χ0v) is 12.6. The number of imidazole rings is 1. The summed E-state index contributed by atoms with van der Waals surface area (Å²) in [5, 5.41) is 3.39. The van der Waals surface area contributed by atoms with Crippen LogP contribution in [0.3, 0.4) is 0 Å². The van der Waals surface area contributed by atoms with E-state index in [1.165, 1.54) is 24.0 Å². The Balaban J connectivity index is 1.89. The van der Waals surface area contributed by atoms with Gasteiger partial charge in [-0.15, -0.1) is 0 Å². The summed E-state index contributed by atoms with van der Waals surface area (Å²) in [7, 11) is 0. The van der Waals surface area contributed by atoms with Gasteiger partial charge in [-0.3, -0.25) is 0 Å². The molecule has 1 fully saturated rings. The number of nitrogens with zero attached hydrogens (tertiary/aromatic N) is 1. The Labute approximate surface area is 122 Å². The number of H-pyrrole nitrogens is 1. The Kier molecular flexibility index (Phi) is 3.71. The molecule has 100 valence electrons. The number of aromatic nitrogens is 2. The number of hydrogen-bond acceptors (Lipinski definition) is 2. The van der Waals surface area contributed by atoms with Crippen molar-refractivity contribution in [2.24, 2.45) is 0 Å². The number of piperidine rings is 1. The summed E-state index contributed by atoms with van der Waals surface area (Å²) in [4.78, 5) is 8.10. The van der Waals surface area contributed by atoms with Crippen LogP contribution in [0, 0.1) is 6.92 Å². The van der Waals surface area contributed by atoms with Gasteiger partial charge >= 0.3 is 0 Å². The van der Waals surface area contributed by atoms with Gasteiger partial charge in [0, 0.05) is 16.0 Å². The Morgan fingerprint density at radius 3 is 2.84 bits per heavy atom. The minimum Gasteiger partial charge on any atom is -0.342 e. The maximum Gasteiger partial charge on any atom is 0.109 e. The van der Waals surface area contributed by atoms with Gasteiger partial charge < -0.3 is 10.3 Å². The molecule has 0 radical (unpaired) electrons. The quantitative estimate of drug-likeness (QED) is 0.887. The predicted octanol–water partition coefficient (Wildman–Crippen LogP) is 3.61. The molecule has 2 aromatic rings. The second-order valence-corrected chi connectivity index (χ2v) is 6.08. The standard InChI is InChI=1S/C15H18BrN3/c1-10-2-3-12(16)8-13(10)14-9-18-15(19-14)11-4-6-17-7-5-11/h2-3,8-9,11,17H,4-7H2,1H3,(H,18,19). The molecule has 0 atom stereocenters. The highest BCUT2D eigenvalue weighted by Gasteiger charge is 2.18. The second-order valence-electron chi connectivity index (χ2n) is 5.17. The Morgan fingerprint density at radius 2 is 2.05 bits per heavy atom. The van der Waals surface area contributed by atoms with Crippen LogP contribution in [0.4, 0.5) is 0 Å². The Morgan fingerprint density at radius 1 is 1.26 bits per heavy atom. The second kappa shape index (κ2) is 5.47. The van der Waals surface area contributed by atoms with Crippen LogP contribution in [0.1, 0.15) is 30.1 Å². The number of aromatic amines is 1. The number of aryl methyl sites for hydroxylation is 1. The number of nitrogens with one attached hydrogen (secondary N) is 2. The molecular weight excluding hydrogens is 302 g/mol. The fourth-order valence-electron chi connectivity index (χ4n) is 2.66. The summed E-state index contributed by atoms with van der Waals surface area (Å²) in [6, 6.07) is 6.35. The molecular formula is C15H18BrN3. The van der Waals surface area contributed by atoms with Gasteiger partial charge in [0.2, 0.25) is 0 Å². The van der Waals surface area contributed by atoms with Crippen molar-refractivity contribution in [3.63, 3.8) is 0 Å². The van der Waals surface area contributed by atoms with Crippen molar-refractivity contribution >= 4 is 15.9 Å². The van der Waals surface area contributed by atoms with Crippen LogP contribution in [-0.4, -0.2) is 23.1 Å². The molecule has 0 spiro atoms. The molecule has 3 rings (SSSR count). The molecule has 1 saturated heterocycles. The van der Waals surface area contributed by atoms with E-state index in [1.54, 1.807) is 0 Å². The summed E-state index contributed by atoms with van der Waals surface area (Å²) in [6.07, 6.45) is 4.31. The van der Waals surface area contributed by atoms with Crippen molar-refractivity contribution < 1.29 is 0 Å². The van der Waals surface area contributed by atoms with Gasteiger partial charge in [0.25, 0.3) is 0 Å². The van der Waals surface area contributed by atoms with Gasteiger partial charge in [-0.25, -0.2) is 4.98 Å². The summed E-state index contributed by atoms with van der Waals surface area (Å²) >= 11 is 3.53. The predicted molar refractivity (Wildman–Crippen MR) is 81.3 cm³/mol. The van der Waals surface area contributed by atoms with Crippen molar-refractivity contribution in [3.05, 3.63) is 40.3 Å². The molecule has 0 unspecified atom stereocenters. The van der Waals surface area contributed by atoms with Crippen molar-refractivity contribution in [3.8, 4) is 11.3 Å². The van der Waals surface area contributed by atoms with E-state index in [1.807, 2.05) is 6.20 Å². The molecule has 1 aromatic carbocycles. The minimum absolute atomic E-state index is 0.572. The third-order valence-electron chi connectivity index (χ3n) is 3.81. The normalized spacial score (nSPS) is 16.7. The van der Waals surface area contributed by atoms with E-state index in [9.17, 15) is 0 Å². The Bertz CT molecular complexity index is 571. The highest BCUT2D eigenvalue weighted by molar-refractivity contribution is 9.10. The van der Waals surface area contributed by atoms with Gasteiger partial charge in [0.05, 0.1) is 11.9 Å². The summed E-state index contributed by atoms with van der Waals surface area (Å²) in [5.41, 5.74) is 3.61. The lowest BCUT2D eigenvalue weighted by atomic mass is 9.97. The van der Waals surface area contributed by atoms with Crippen LogP contribution in [0.2, 0.25) is 0 Å². The first-order valence-electron chi connectivity index (χ1n) is 6.76. The average molecular weight is 320 g/mol. The van der Waals surface area contributed by atoms with Crippen LogP contribution in [0.5, 0.6) is 0 Å². The molecule has 0 aliphatic carbocycles. The fourth-order valence-corrected chi connectivity index (χ4v) is 3.02. The number of halogens is 1. The largest absolute Gasteiger partial charge is 0.342 e. The maximum absolute atomic E-state index is 4.59. The lowest BCUT2D eigenvalue weighted by Crippen LogP contribution is -2.27. The van der Waals surface area contributed by atoms with E-state index in [4.69, 9.17) is 0 Å². The lowest BCUT2D eigenvalue weighted by molar-refractivity contribution is 0.447. The van der Waals surface area contributed by atoms with Crippen LogP contribution < -0.4 is 5.32 Å². The number of benzene rings is 1. The first kappa shape index (κ1) is 12.9. The van der Waals surface area contributed by atoms with E-state index in [-0.39, 0.29) is 0 Å². The third-order valence-corrected chi connectivity index (χ3v) is 4.30. The van der Waals surface area contributed by atoms with Gasteiger partial charge in [-0.1, -0.05) is 22.0 Å². The SMILES string of the molecule is Cc1ccc(Br)cc1-c1cnc(C2CCNCC2)[nH]1. The first-order valence-corrected chi connectivity index (χ1v) is 7.55. The molecule has 2 N–H and O–H groups in total. The number of rotatable bonds is 2. The minimum atomic E-state index is 0.572. The lowest BCUT2D eigenvalue weighted by Gasteiger charge is -2.20. The molecule has 4 heteroatoms. The van der Waals surface area contributed by atoms with Gasteiger partial charge in [-0.2, -0.15) is 0 Å². The average Bonchev–Trinajstić information content (AvgIpc) is 2.92. The molecule has 1 aliphatic rings. The number of hydrogen-bond donors (Lipinski definition) is 2. The topological polar surface area (TPSA) is 40.7 Å². The molecule has 3 nitrogen and oxygen atoms in total. The van der Waals surface area contributed by atoms with Gasteiger partial charge in [0.15, 0.2) is 0 Å². The summed E-state index contributed by atoms with van der Waals surface area (Å²) in [6.45, 7) is 4.32. The van der Waals surface area contributed by atoms with Crippen LogP contribution in [-0.2, 0) is 0 Å².